The van der Waals surface area contributed by atoms with Gasteiger partial charge >= 0.3 is 0 Å². The van der Waals surface area contributed by atoms with Gasteiger partial charge in [-0.15, -0.1) is 0 Å². The van der Waals surface area contributed by atoms with Crippen LogP contribution in [0.3, 0.4) is 0 Å². The topological polar surface area (TPSA) is 89.8 Å². The molecule has 0 aliphatic rings. The molecule has 98 valence electrons. The molecule has 19 heavy (non-hydrogen) atoms. The highest BCUT2D eigenvalue weighted by Crippen LogP contribution is 2.39. The van der Waals surface area contributed by atoms with Gasteiger partial charge in [0, 0.05) is 22.7 Å². The Morgan fingerprint density at radius 3 is 2.37 bits per heavy atom. The summed E-state index contributed by atoms with van der Waals surface area (Å²) < 4.78 is 0. The number of anilines is 1. The number of hydrogen-bond acceptors (Lipinski definition) is 4. The molecule has 0 aromatic heterocycles. The van der Waals surface area contributed by atoms with Crippen molar-refractivity contribution in [1.29, 1.82) is 0 Å². The molecule has 5 nitrogen and oxygen atoms in total. The summed E-state index contributed by atoms with van der Waals surface area (Å²) in [6.45, 7) is 5.06. The Balaban J connectivity index is 2.59. The third-order valence-electron chi connectivity index (χ3n) is 2.69. The first-order valence-electron chi connectivity index (χ1n) is 5.54. The molecule has 0 spiro atoms. The second kappa shape index (κ2) is 4.53. The molecule has 0 saturated heterocycles. The molecule has 2 aromatic rings. The van der Waals surface area contributed by atoms with Crippen molar-refractivity contribution in [2.75, 3.05) is 5.32 Å². The minimum Gasteiger partial charge on any atom is -0.507 e. The van der Waals surface area contributed by atoms with Gasteiger partial charge in [0.25, 0.3) is 5.91 Å². The molecule has 0 aliphatic carbocycles. The van der Waals surface area contributed by atoms with Crippen LogP contribution in [0, 0.1) is 0 Å². The Hall–Kier alpha value is -2.69. The smallest absolute Gasteiger partial charge is 0.250 e. The fourth-order valence-corrected chi connectivity index (χ4v) is 1.74. The van der Waals surface area contributed by atoms with Crippen LogP contribution in [0.15, 0.2) is 36.4 Å². The Kier molecular flexibility index (Phi) is 3.04. The fourth-order valence-electron chi connectivity index (χ4n) is 1.74. The second-order valence-corrected chi connectivity index (χ2v) is 4.26. The van der Waals surface area contributed by atoms with Crippen LogP contribution in [0.1, 0.15) is 6.92 Å². The van der Waals surface area contributed by atoms with Crippen LogP contribution in [0.4, 0.5) is 5.69 Å². The quantitative estimate of drug-likeness (QED) is 0.492. The van der Waals surface area contributed by atoms with Crippen molar-refractivity contribution in [2.24, 2.45) is 0 Å². The molecule has 0 atom stereocenters. The van der Waals surface area contributed by atoms with E-state index in [4.69, 9.17) is 0 Å². The zero-order valence-electron chi connectivity index (χ0n) is 10.3. The predicted octanol–water partition coefficient (Wildman–Crippen LogP) is 2.47. The van der Waals surface area contributed by atoms with E-state index in [0.717, 1.165) is 0 Å². The van der Waals surface area contributed by atoms with Crippen LogP contribution in [-0.2, 0) is 4.79 Å². The van der Waals surface area contributed by atoms with Gasteiger partial charge in [-0.1, -0.05) is 6.58 Å². The van der Waals surface area contributed by atoms with Gasteiger partial charge in [-0.05, 0) is 25.1 Å². The maximum atomic E-state index is 11.5. The number of phenols is 3. The maximum absolute atomic E-state index is 11.5. The zero-order valence-corrected chi connectivity index (χ0v) is 10.3. The molecule has 1 amide bonds. The third kappa shape index (κ3) is 2.30. The Labute approximate surface area is 109 Å². The molecule has 0 fully saturated rings. The van der Waals surface area contributed by atoms with E-state index in [0.29, 0.717) is 11.3 Å². The molecule has 0 saturated carbocycles. The zero-order chi connectivity index (χ0) is 14.2. The Bertz CT molecular complexity index is 691. The number of amides is 1. The standard InChI is InChI=1S/C14H13NO4/c1-7(2)14(19)15-8-5-9-10(16)3-4-11(17)13(9)12(18)6-8/h3-6,16-18H,1H2,2H3,(H,15,19). The summed E-state index contributed by atoms with van der Waals surface area (Å²) >= 11 is 0. The average molecular weight is 259 g/mol. The molecule has 0 aliphatic heterocycles. The predicted molar refractivity (Wildman–Crippen MR) is 72.4 cm³/mol. The lowest BCUT2D eigenvalue weighted by Crippen LogP contribution is -2.11. The third-order valence-corrected chi connectivity index (χ3v) is 2.69. The number of phenolic OH excluding ortho intramolecular Hbond substituents is 3. The number of carbonyl (C=O) groups is 1. The first-order valence-corrected chi connectivity index (χ1v) is 5.54. The molecule has 0 bridgehead atoms. The lowest BCUT2D eigenvalue weighted by molar-refractivity contribution is -0.112. The number of benzene rings is 2. The van der Waals surface area contributed by atoms with Crippen LogP contribution in [0.5, 0.6) is 17.2 Å². The number of aromatic hydroxyl groups is 3. The highest BCUT2D eigenvalue weighted by atomic mass is 16.3. The first kappa shape index (κ1) is 12.8. The SMILES string of the molecule is C=C(C)C(=O)Nc1cc(O)c2c(O)ccc(O)c2c1. The molecule has 0 heterocycles. The van der Waals surface area contributed by atoms with Gasteiger partial charge in [0.2, 0.25) is 0 Å². The van der Waals surface area contributed by atoms with E-state index in [1.165, 1.54) is 24.3 Å². The second-order valence-electron chi connectivity index (χ2n) is 4.26. The monoisotopic (exact) mass is 259 g/mol. The van der Waals surface area contributed by atoms with Crippen molar-refractivity contribution >= 4 is 22.4 Å². The van der Waals surface area contributed by atoms with E-state index in [-0.39, 0.29) is 28.0 Å². The van der Waals surface area contributed by atoms with Crippen molar-refractivity contribution in [3.63, 3.8) is 0 Å². The van der Waals surface area contributed by atoms with Crippen LogP contribution >= 0.6 is 0 Å². The minimum absolute atomic E-state index is 0.102. The summed E-state index contributed by atoms with van der Waals surface area (Å²) in [6, 6.07) is 5.35. The largest absolute Gasteiger partial charge is 0.507 e. The molecular formula is C14H13NO4. The van der Waals surface area contributed by atoms with Gasteiger partial charge in [-0.25, -0.2) is 0 Å². The fraction of sp³-hybridized carbons (Fsp3) is 0.0714. The summed E-state index contributed by atoms with van der Waals surface area (Å²) in [4.78, 5) is 11.5. The summed E-state index contributed by atoms with van der Waals surface area (Å²) in [6.07, 6.45) is 0. The van der Waals surface area contributed by atoms with E-state index < -0.39 is 5.91 Å². The number of hydrogen-bond donors (Lipinski definition) is 4. The lowest BCUT2D eigenvalue weighted by atomic mass is 10.1. The van der Waals surface area contributed by atoms with Crippen molar-refractivity contribution in [1.82, 2.24) is 0 Å². The summed E-state index contributed by atoms with van der Waals surface area (Å²) in [5.74, 6) is -0.876. The van der Waals surface area contributed by atoms with E-state index in [1.54, 1.807) is 6.92 Å². The van der Waals surface area contributed by atoms with Crippen LogP contribution < -0.4 is 5.32 Å². The van der Waals surface area contributed by atoms with E-state index in [1.807, 2.05) is 0 Å². The molecule has 4 N–H and O–H groups in total. The van der Waals surface area contributed by atoms with E-state index in [9.17, 15) is 20.1 Å². The molecule has 0 radical (unpaired) electrons. The van der Waals surface area contributed by atoms with Gasteiger partial charge in [0.05, 0.1) is 5.39 Å². The molecule has 0 unspecified atom stereocenters. The van der Waals surface area contributed by atoms with Gasteiger partial charge in [0.1, 0.15) is 17.2 Å². The summed E-state index contributed by atoms with van der Waals surface area (Å²) in [5.41, 5.74) is 0.624. The van der Waals surface area contributed by atoms with Crippen molar-refractivity contribution in [3.8, 4) is 17.2 Å². The van der Waals surface area contributed by atoms with Crippen LogP contribution in [0.2, 0.25) is 0 Å². The minimum atomic E-state index is -0.390. The number of carbonyl (C=O) groups excluding carboxylic acids is 1. The lowest BCUT2D eigenvalue weighted by Gasteiger charge is -2.10. The highest BCUT2D eigenvalue weighted by molar-refractivity contribution is 6.06. The number of rotatable bonds is 2. The van der Waals surface area contributed by atoms with Crippen LogP contribution in [0.25, 0.3) is 10.8 Å². The van der Waals surface area contributed by atoms with Gasteiger partial charge in [0.15, 0.2) is 0 Å². The van der Waals surface area contributed by atoms with Gasteiger partial charge < -0.3 is 20.6 Å². The molecule has 2 rings (SSSR count). The molecule has 2 aromatic carbocycles. The highest BCUT2D eigenvalue weighted by Gasteiger charge is 2.12. The van der Waals surface area contributed by atoms with Gasteiger partial charge in [-0.3, -0.25) is 4.79 Å². The Morgan fingerprint density at radius 1 is 1.11 bits per heavy atom. The normalized spacial score (nSPS) is 10.4. The number of fused-ring (bicyclic) bond motifs is 1. The van der Waals surface area contributed by atoms with Crippen molar-refractivity contribution in [2.45, 2.75) is 6.92 Å². The first-order chi connectivity index (χ1) is 8.90. The van der Waals surface area contributed by atoms with Gasteiger partial charge in [-0.2, -0.15) is 0 Å². The maximum Gasteiger partial charge on any atom is 0.250 e. The molecule has 5 heteroatoms. The summed E-state index contributed by atoms with van der Waals surface area (Å²) in [5, 5.41) is 32.2. The van der Waals surface area contributed by atoms with Crippen molar-refractivity contribution < 1.29 is 20.1 Å². The number of nitrogens with one attached hydrogen (secondary N) is 1. The van der Waals surface area contributed by atoms with E-state index in [2.05, 4.69) is 11.9 Å². The Morgan fingerprint density at radius 2 is 1.74 bits per heavy atom. The van der Waals surface area contributed by atoms with Crippen LogP contribution in [-0.4, -0.2) is 21.2 Å². The van der Waals surface area contributed by atoms with Crippen molar-refractivity contribution in [3.05, 3.63) is 36.4 Å². The molecular weight excluding hydrogens is 246 g/mol. The average Bonchev–Trinajstić information content (AvgIpc) is 2.33. The summed E-state index contributed by atoms with van der Waals surface area (Å²) in [7, 11) is 0. The van der Waals surface area contributed by atoms with E-state index >= 15 is 0 Å².